The Morgan fingerprint density at radius 2 is 1.88 bits per heavy atom. The number of nitrogens with zero attached hydrogens (tertiary/aromatic N) is 2. The van der Waals surface area contributed by atoms with Crippen molar-refractivity contribution >= 4 is 15.9 Å². The van der Waals surface area contributed by atoms with E-state index in [1.165, 1.54) is 0 Å². The minimum Gasteiger partial charge on any atom is -0.480 e. The van der Waals surface area contributed by atoms with E-state index >= 15 is 0 Å². The van der Waals surface area contributed by atoms with E-state index < -0.39 is 16.1 Å². The summed E-state index contributed by atoms with van der Waals surface area (Å²) in [7, 11) is -3.50. The normalized spacial score (nSPS) is 17.1. The Balaban J connectivity index is 1.27. The summed E-state index contributed by atoms with van der Waals surface area (Å²) in [6, 6.07) is 16.9. The second-order valence-electron chi connectivity index (χ2n) is 8.82. The van der Waals surface area contributed by atoms with E-state index in [-0.39, 0.29) is 18.2 Å². The molecular weight excluding hydrogens is 450 g/mol. The lowest BCUT2D eigenvalue weighted by molar-refractivity contribution is -0.138. The molecule has 7 nitrogen and oxygen atoms in total. The molecule has 1 N–H and O–H groups in total. The van der Waals surface area contributed by atoms with Crippen LogP contribution >= 0.6 is 0 Å². The number of rotatable bonds is 6. The fourth-order valence-electron chi connectivity index (χ4n) is 4.69. The summed E-state index contributed by atoms with van der Waals surface area (Å²) in [6.45, 7) is 3.09. The highest BCUT2D eigenvalue weighted by Gasteiger charge is 2.34. The molecule has 1 amide bonds. The second-order valence-corrected chi connectivity index (χ2v) is 10.6. The molecule has 34 heavy (non-hydrogen) atoms. The standard InChI is InChI=1S/C26H27N3O4S/c1-18-23(15-28-34(31,32)17-19-7-3-2-4-8-19)22-11-12-29(16-21(22)14-27-18)26(30)25-13-20-9-5-6-10-24(20)33-25/h2-10,14,25,28H,11-13,15-17H2,1H3. The van der Waals surface area contributed by atoms with E-state index in [1.54, 1.807) is 18.3 Å². The van der Waals surface area contributed by atoms with E-state index in [0.29, 0.717) is 25.9 Å². The Morgan fingerprint density at radius 1 is 1.12 bits per heavy atom. The van der Waals surface area contributed by atoms with Crippen LogP contribution in [-0.2, 0) is 46.5 Å². The number of benzene rings is 2. The van der Waals surface area contributed by atoms with Crippen LogP contribution in [0.1, 0.15) is 33.5 Å². The molecule has 0 saturated heterocycles. The van der Waals surface area contributed by atoms with Crippen molar-refractivity contribution in [1.29, 1.82) is 0 Å². The zero-order valence-electron chi connectivity index (χ0n) is 19.0. The largest absolute Gasteiger partial charge is 0.480 e. The first-order valence-electron chi connectivity index (χ1n) is 11.4. The van der Waals surface area contributed by atoms with Gasteiger partial charge >= 0.3 is 0 Å². The zero-order chi connectivity index (χ0) is 23.7. The molecular formula is C26H27N3O4S. The Kier molecular flexibility index (Phi) is 6.10. The SMILES string of the molecule is Cc1ncc2c(c1CNS(=O)(=O)Cc1ccccc1)CCN(C(=O)C1Cc3ccccc3O1)C2. The molecule has 2 aromatic carbocycles. The molecule has 8 heteroatoms. The second kappa shape index (κ2) is 9.19. The maximum absolute atomic E-state index is 13.2. The zero-order valence-corrected chi connectivity index (χ0v) is 19.8. The Bertz CT molecular complexity index is 1300. The van der Waals surface area contributed by atoms with E-state index in [2.05, 4.69) is 9.71 Å². The highest BCUT2D eigenvalue weighted by molar-refractivity contribution is 7.88. The number of ether oxygens (including phenoxy) is 1. The molecule has 176 valence electrons. The summed E-state index contributed by atoms with van der Waals surface area (Å²) in [6.07, 6.45) is 2.54. The van der Waals surface area contributed by atoms with E-state index in [1.807, 2.05) is 54.3 Å². The molecule has 2 aliphatic heterocycles. The smallest absolute Gasteiger partial charge is 0.264 e. The number of aryl methyl sites for hydroxylation is 1. The Hall–Kier alpha value is -3.23. The molecule has 2 aliphatic rings. The van der Waals surface area contributed by atoms with Crippen LogP contribution in [0.2, 0.25) is 0 Å². The van der Waals surface area contributed by atoms with Crippen molar-refractivity contribution < 1.29 is 17.9 Å². The Morgan fingerprint density at radius 3 is 2.68 bits per heavy atom. The van der Waals surface area contributed by atoms with Gasteiger partial charge in [0.1, 0.15) is 5.75 Å². The first kappa shape index (κ1) is 22.6. The summed E-state index contributed by atoms with van der Waals surface area (Å²) < 4.78 is 33.9. The van der Waals surface area contributed by atoms with Crippen molar-refractivity contribution in [2.45, 2.75) is 44.7 Å². The molecule has 0 spiro atoms. The van der Waals surface area contributed by atoms with Crippen molar-refractivity contribution in [3.05, 3.63) is 94.3 Å². The minimum atomic E-state index is -3.50. The van der Waals surface area contributed by atoms with Gasteiger partial charge in [0.15, 0.2) is 6.10 Å². The van der Waals surface area contributed by atoms with E-state index in [9.17, 15) is 13.2 Å². The number of fused-ring (bicyclic) bond motifs is 2. The maximum atomic E-state index is 13.2. The van der Waals surface area contributed by atoms with Gasteiger partial charge in [0.05, 0.1) is 5.75 Å². The first-order valence-corrected chi connectivity index (χ1v) is 13.1. The number of sulfonamides is 1. The summed E-state index contributed by atoms with van der Waals surface area (Å²) in [5, 5.41) is 0. The summed E-state index contributed by atoms with van der Waals surface area (Å²) >= 11 is 0. The molecule has 0 radical (unpaired) electrons. The fourth-order valence-corrected chi connectivity index (χ4v) is 5.79. The lowest BCUT2D eigenvalue weighted by Gasteiger charge is -2.32. The summed E-state index contributed by atoms with van der Waals surface area (Å²) in [4.78, 5) is 19.5. The van der Waals surface area contributed by atoms with Gasteiger partial charge in [-0.2, -0.15) is 0 Å². The van der Waals surface area contributed by atoms with Gasteiger partial charge in [0.25, 0.3) is 5.91 Å². The summed E-state index contributed by atoms with van der Waals surface area (Å²) in [5.74, 6) is 0.689. The lowest BCUT2D eigenvalue weighted by atomic mass is 9.94. The number of hydrogen-bond donors (Lipinski definition) is 1. The van der Waals surface area contributed by atoms with Crippen molar-refractivity contribution in [3.63, 3.8) is 0 Å². The van der Waals surface area contributed by atoms with Gasteiger partial charge in [-0.25, -0.2) is 13.1 Å². The molecule has 3 aromatic rings. The molecule has 0 fully saturated rings. The predicted molar refractivity (Wildman–Crippen MR) is 129 cm³/mol. The van der Waals surface area contributed by atoms with Crippen LogP contribution in [0, 0.1) is 6.92 Å². The number of pyridine rings is 1. The number of carbonyl (C=O) groups excluding carboxylic acids is 1. The summed E-state index contributed by atoms with van der Waals surface area (Å²) in [5.41, 5.74) is 5.53. The highest BCUT2D eigenvalue weighted by atomic mass is 32.2. The Labute approximate surface area is 199 Å². The van der Waals surface area contributed by atoms with Gasteiger partial charge in [-0.15, -0.1) is 0 Å². The van der Waals surface area contributed by atoms with E-state index in [4.69, 9.17) is 4.74 Å². The highest BCUT2D eigenvalue weighted by Crippen LogP contribution is 2.31. The fraction of sp³-hybridized carbons (Fsp3) is 0.308. The van der Waals surface area contributed by atoms with Crippen molar-refractivity contribution in [2.24, 2.45) is 0 Å². The van der Waals surface area contributed by atoms with Gasteiger partial charge in [0.2, 0.25) is 10.0 Å². The van der Waals surface area contributed by atoms with Gasteiger partial charge < -0.3 is 9.64 Å². The third-order valence-corrected chi connectivity index (χ3v) is 7.80. The van der Waals surface area contributed by atoms with Crippen LogP contribution < -0.4 is 9.46 Å². The first-order chi connectivity index (χ1) is 16.4. The number of aromatic nitrogens is 1. The minimum absolute atomic E-state index is 0.0208. The van der Waals surface area contributed by atoms with Crippen molar-refractivity contribution in [1.82, 2.24) is 14.6 Å². The number of carbonyl (C=O) groups is 1. The average Bonchev–Trinajstić information content (AvgIpc) is 3.27. The van der Waals surface area contributed by atoms with Crippen LogP contribution in [0.25, 0.3) is 0 Å². The van der Waals surface area contributed by atoms with Crippen molar-refractivity contribution in [2.75, 3.05) is 6.54 Å². The van der Waals surface area contributed by atoms with Crippen LogP contribution in [0.5, 0.6) is 5.75 Å². The van der Waals surface area contributed by atoms with E-state index in [0.717, 1.165) is 39.3 Å². The number of nitrogens with one attached hydrogen (secondary N) is 1. The third kappa shape index (κ3) is 4.69. The molecule has 1 unspecified atom stereocenters. The predicted octanol–water partition coefficient (Wildman–Crippen LogP) is 2.90. The monoisotopic (exact) mass is 477 g/mol. The molecule has 5 rings (SSSR count). The average molecular weight is 478 g/mol. The van der Waals surface area contributed by atoms with Crippen LogP contribution in [-0.4, -0.2) is 36.9 Å². The lowest BCUT2D eigenvalue weighted by Crippen LogP contribution is -2.44. The molecule has 0 saturated carbocycles. The molecule has 0 bridgehead atoms. The number of amides is 1. The van der Waals surface area contributed by atoms with Crippen LogP contribution in [0.4, 0.5) is 0 Å². The third-order valence-electron chi connectivity index (χ3n) is 6.50. The van der Waals surface area contributed by atoms with Crippen molar-refractivity contribution in [3.8, 4) is 5.75 Å². The van der Waals surface area contributed by atoms with Gasteiger partial charge in [-0.3, -0.25) is 9.78 Å². The van der Waals surface area contributed by atoms with Crippen LogP contribution in [0.15, 0.2) is 60.8 Å². The molecule has 1 atom stereocenters. The molecule has 1 aromatic heterocycles. The maximum Gasteiger partial charge on any atom is 0.264 e. The number of hydrogen-bond acceptors (Lipinski definition) is 5. The van der Waals surface area contributed by atoms with Gasteiger partial charge in [-0.05, 0) is 47.2 Å². The molecule has 0 aliphatic carbocycles. The van der Waals surface area contributed by atoms with Crippen LogP contribution in [0.3, 0.4) is 0 Å². The van der Waals surface area contributed by atoms with Gasteiger partial charge in [0, 0.05) is 37.9 Å². The topological polar surface area (TPSA) is 88.6 Å². The number of para-hydroxylation sites is 1. The quantitative estimate of drug-likeness (QED) is 0.590. The van der Waals surface area contributed by atoms with Gasteiger partial charge in [-0.1, -0.05) is 48.5 Å². The molecule has 3 heterocycles.